The van der Waals surface area contributed by atoms with E-state index in [1.807, 2.05) is 30.3 Å². The number of thiazole rings is 1. The number of rotatable bonds is 3. The van der Waals surface area contributed by atoms with E-state index in [0.29, 0.717) is 11.4 Å². The number of hydrogen-bond donors (Lipinski definition) is 0. The molecule has 0 atom stereocenters. The minimum absolute atomic E-state index is 0.209. The molecule has 0 aliphatic carbocycles. The Morgan fingerprint density at radius 1 is 1.08 bits per heavy atom. The summed E-state index contributed by atoms with van der Waals surface area (Å²) in [6.45, 7) is 0. The summed E-state index contributed by atoms with van der Waals surface area (Å²) in [6, 6.07) is 16.6. The first-order valence-electron chi connectivity index (χ1n) is 7.78. The minimum Gasteiger partial charge on any atom is -0.250 e. The molecule has 0 unspecified atom stereocenters. The first kappa shape index (κ1) is 16.6. The summed E-state index contributed by atoms with van der Waals surface area (Å²) in [6.07, 6.45) is 3.39. The van der Waals surface area contributed by atoms with Gasteiger partial charge in [0.15, 0.2) is 5.84 Å². The van der Waals surface area contributed by atoms with Crippen LogP contribution in [-0.4, -0.2) is 37.5 Å². The van der Waals surface area contributed by atoms with Crippen LogP contribution in [0.3, 0.4) is 0 Å². The lowest BCUT2D eigenvalue weighted by Gasteiger charge is -2.11. The molecule has 8 heteroatoms. The van der Waals surface area contributed by atoms with Crippen molar-refractivity contribution < 1.29 is 8.42 Å². The second kappa shape index (κ2) is 6.47. The van der Waals surface area contributed by atoms with Crippen LogP contribution in [0.2, 0.25) is 0 Å². The lowest BCUT2D eigenvalue weighted by atomic mass is 10.2. The van der Waals surface area contributed by atoms with Crippen molar-refractivity contribution in [2.75, 3.05) is 7.05 Å². The Hall–Kier alpha value is -2.84. The van der Waals surface area contributed by atoms with Gasteiger partial charge in [-0.2, -0.15) is 13.5 Å². The summed E-state index contributed by atoms with van der Waals surface area (Å²) >= 11 is 1.51. The van der Waals surface area contributed by atoms with E-state index in [1.54, 1.807) is 43.7 Å². The molecular formula is C18H14N4O2S2. The molecule has 1 aromatic heterocycles. The second-order valence-corrected chi connectivity index (χ2v) is 8.22. The van der Waals surface area contributed by atoms with Gasteiger partial charge in [-0.25, -0.2) is 9.99 Å². The maximum absolute atomic E-state index is 12.1. The second-order valence-electron chi connectivity index (χ2n) is 5.59. The number of hydrazone groups is 1. The molecule has 3 aromatic rings. The van der Waals surface area contributed by atoms with E-state index in [4.69, 9.17) is 0 Å². The van der Waals surface area contributed by atoms with Crippen LogP contribution in [0.5, 0.6) is 0 Å². The lowest BCUT2D eigenvalue weighted by Crippen LogP contribution is -2.21. The summed E-state index contributed by atoms with van der Waals surface area (Å²) in [5, 5.41) is 6.70. The number of nitrogens with zero attached hydrogens (tertiary/aromatic N) is 4. The zero-order valence-electron chi connectivity index (χ0n) is 13.8. The Kier molecular flexibility index (Phi) is 4.14. The molecular weight excluding hydrogens is 368 g/mol. The van der Waals surface area contributed by atoms with Gasteiger partial charge in [-0.1, -0.05) is 42.5 Å². The van der Waals surface area contributed by atoms with Gasteiger partial charge in [0.25, 0.3) is 10.0 Å². The van der Waals surface area contributed by atoms with Crippen molar-refractivity contribution >= 4 is 33.4 Å². The summed E-state index contributed by atoms with van der Waals surface area (Å²) < 4.78 is 28.1. The van der Waals surface area contributed by atoms with Crippen molar-refractivity contribution in [3.8, 4) is 10.6 Å². The monoisotopic (exact) mass is 382 g/mol. The van der Waals surface area contributed by atoms with Gasteiger partial charge in [0.05, 0.1) is 11.1 Å². The molecule has 26 heavy (non-hydrogen) atoms. The molecule has 0 bridgehead atoms. The standard InChI is InChI=1S/C18H14N4O2S2/c1-22(17-15-9-5-6-10-16(15)26(23,24)21-17)20-12-14-11-19-18(25-14)13-7-3-2-4-8-13/h2-12H,1H3/b20-12+. The van der Waals surface area contributed by atoms with Gasteiger partial charge in [-0.05, 0) is 12.1 Å². The maximum atomic E-state index is 12.1. The molecule has 0 amide bonds. The van der Waals surface area contributed by atoms with Crippen molar-refractivity contribution in [1.82, 2.24) is 9.99 Å². The average molecular weight is 382 g/mol. The summed E-state index contributed by atoms with van der Waals surface area (Å²) in [5.41, 5.74) is 1.60. The smallest absolute Gasteiger partial charge is 0.250 e. The molecule has 0 saturated heterocycles. The fourth-order valence-electron chi connectivity index (χ4n) is 2.58. The molecule has 0 spiro atoms. The van der Waals surface area contributed by atoms with Crippen molar-refractivity contribution in [2.24, 2.45) is 9.50 Å². The molecule has 2 heterocycles. The van der Waals surface area contributed by atoms with Crippen LogP contribution in [0.1, 0.15) is 10.4 Å². The van der Waals surface area contributed by atoms with Crippen LogP contribution >= 0.6 is 11.3 Å². The van der Waals surface area contributed by atoms with Gasteiger partial charge >= 0.3 is 0 Å². The largest absolute Gasteiger partial charge is 0.285 e. The van der Waals surface area contributed by atoms with Crippen LogP contribution < -0.4 is 0 Å². The molecule has 4 rings (SSSR count). The Bertz CT molecular complexity index is 1120. The SMILES string of the molecule is CN(/N=C/c1cnc(-c2ccccc2)s1)C1=NS(=O)(=O)c2ccccc21. The molecule has 0 N–H and O–H groups in total. The first-order valence-corrected chi connectivity index (χ1v) is 10.0. The number of fused-ring (bicyclic) bond motifs is 1. The molecule has 6 nitrogen and oxygen atoms in total. The molecule has 0 fully saturated rings. The van der Waals surface area contributed by atoms with E-state index in [1.165, 1.54) is 16.3 Å². The van der Waals surface area contributed by atoms with Crippen molar-refractivity contribution in [3.63, 3.8) is 0 Å². The van der Waals surface area contributed by atoms with Crippen LogP contribution in [0.25, 0.3) is 10.6 Å². The zero-order chi connectivity index (χ0) is 18.1. The fraction of sp³-hybridized carbons (Fsp3) is 0.0556. The third-order valence-corrected chi connectivity index (χ3v) is 6.13. The first-order chi connectivity index (χ1) is 12.5. The van der Waals surface area contributed by atoms with E-state index in [-0.39, 0.29) is 4.90 Å². The predicted molar refractivity (Wildman–Crippen MR) is 103 cm³/mol. The summed E-state index contributed by atoms with van der Waals surface area (Å²) in [7, 11) is -1.98. The van der Waals surface area contributed by atoms with Gasteiger partial charge < -0.3 is 0 Å². The third kappa shape index (κ3) is 3.04. The highest BCUT2D eigenvalue weighted by Crippen LogP contribution is 2.27. The Labute approximate surface area is 155 Å². The van der Waals surface area contributed by atoms with E-state index in [9.17, 15) is 8.42 Å². The van der Waals surface area contributed by atoms with Crippen LogP contribution in [0, 0.1) is 0 Å². The zero-order valence-corrected chi connectivity index (χ0v) is 15.4. The van der Waals surface area contributed by atoms with Crippen LogP contribution in [-0.2, 0) is 10.0 Å². The molecule has 1 aliphatic heterocycles. The lowest BCUT2D eigenvalue weighted by molar-refractivity contribution is 0.549. The van der Waals surface area contributed by atoms with Crippen LogP contribution in [0.4, 0.5) is 0 Å². The van der Waals surface area contributed by atoms with E-state index in [0.717, 1.165) is 15.4 Å². The highest BCUT2D eigenvalue weighted by atomic mass is 32.2. The highest BCUT2D eigenvalue weighted by molar-refractivity contribution is 7.90. The molecule has 130 valence electrons. The van der Waals surface area contributed by atoms with Gasteiger partial charge in [-0.3, -0.25) is 0 Å². The average Bonchev–Trinajstić information content (AvgIpc) is 3.24. The van der Waals surface area contributed by atoms with Gasteiger partial charge in [0, 0.05) is 24.4 Å². The normalized spacial score (nSPS) is 15.0. The Morgan fingerprint density at radius 2 is 1.81 bits per heavy atom. The van der Waals surface area contributed by atoms with Gasteiger partial charge in [-0.15, -0.1) is 15.7 Å². The van der Waals surface area contributed by atoms with E-state index in [2.05, 4.69) is 14.5 Å². The van der Waals surface area contributed by atoms with Crippen molar-refractivity contribution in [2.45, 2.75) is 4.90 Å². The van der Waals surface area contributed by atoms with E-state index < -0.39 is 10.0 Å². The third-order valence-electron chi connectivity index (χ3n) is 3.82. The molecule has 0 radical (unpaired) electrons. The van der Waals surface area contributed by atoms with Crippen molar-refractivity contribution in [1.29, 1.82) is 0 Å². The molecule has 0 saturated carbocycles. The minimum atomic E-state index is -3.65. The van der Waals surface area contributed by atoms with Gasteiger partial charge in [0.1, 0.15) is 9.90 Å². The van der Waals surface area contributed by atoms with Crippen molar-refractivity contribution in [3.05, 3.63) is 71.2 Å². The van der Waals surface area contributed by atoms with E-state index >= 15 is 0 Å². The van der Waals surface area contributed by atoms with Crippen LogP contribution in [0.15, 0.2) is 75.2 Å². The van der Waals surface area contributed by atoms with Gasteiger partial charge in [0.2, 0.25) is 0 Å². The number of sulfonamides is 1. The quantitative estimate of drug-likeness (QED) is 0.515. The molecule has 1 aliphatic rings. The number of aromatic nitrogens is 1. The summed E-state index contributed by atoms with van der Waals surface area (Å²) in [5.74, 6) is 0.310. The topological polar surface area (TPSA) is 75.0 Å². The number of amidine groups is 1. The fourth-order valence-corrected chi connectivity index (χ4v) is 4.60. The number of hydrogen-bond acceptors (Lipinski definition) is 6. The summed E-state index contributed by atoms with van der Waals surface area (Å²) in [4.78, 5) is 5.48. The maximum Gasteiger partial charge on any atom is 0.285 e. The number of benzene rings is 2. The Balaban J connectivity index is 1.58. The highest BCUT2D eigenvalue weighted by Gasteiger charge is 2.30. The Morgan fingerprint density at radius 3 is 2.62 bits per heavy atom. The predicted octanol–water partition coefficient (Wildman–Crippen LogP) is 3.22. The molecule has 2 aromatic carbocycles.